The molecule has 0 bridgehead atoms. The molecule has 25 heavy (non-hydrogen) atoms. The number of nitrogens with one attached hydrogen (secondary N) is 1. The van der Waals surface area contributed by atoms with Crippen molar-refractivity contribution in [2.24, 2.45) is 0 Å². The summed E-state index contributed by atoms with van der Waals surface area (Å²) in [5, 5.41) is 2.70. The number of hydrogen-bond acceptors (Lipinski definition) is 5. The van der Waals surface area contributed by atoms with E-state index in [1.165, 1.54) is 30.5 Å². The molecule has 1 aromatic carbocycles. The predicted octanol–water partition coefficient (Wildman–Crippen LogP) is 2.05. The molecule has 2 aromatic rings. The van der Waals surface area contributed by atoms with Gasteiger partial charge in [0.15, 0.2) is 9.84 Å². The average Bonchev–Trinajstić information content (AvgIpc) is 3.18. The highest BCUT2D eigenvalue weighted by Crippen LogP contribution is 2.20. The summed E-state index contributed by atoms with van der Waals surface area (Å²) < 4.78 is 41.8. The largest absolute Gasteiger partial charge is 0.468 e. The molecular weight excluding hydrogens is 347 g/mol. The number of furan rings is 1. The number of hydrogen-bond donors (Lipinski definition) is 1. The number of carbonyl (C=O) groups excluding carboxylic acids is 1. The molecule has 1 fully saturated rings. The van der Waals surface area contributed by atoms with E-state index in [0.717, 1.165) is 0 Å². The van der Waals surface area contributed by atoms with Crippen LogP contribution < -0.4 is 5.32 Å². The van der Waals surface area contributed by atoms with Crippen LogP contribution in [0.25, 0.3) is 0 Å². The molecule has 0 saturated carbocycles. The molecule has 2 heterocycles. The molecule has 0 radical (unpaired) electrons. The average molecular weight is 366 g/mol. The molecule has 0 unspecified atom stereocenters. The predicted molar refractivity (Wildman–Crippen MR) is 91.2 cm³/mol. The quantitative estimate of drug-likeness (QED) is 0.846. The maximum atomic E-state index is 12.9. The minimum Gasteiger partial charge on any atom is -0.468 e. The maximum Gasteiger partial charge on any atom is 0.238 e. The van der Waals surface area contributed by atoms with Crippen LogP contribution in [0.5, 0.6) is 0 Å². The zero-order valence-electron chi connectivity index (χ0n) is 13.5. The number of halogens is 1. The minimum atomic E-state index is -3.06. The lowest BCUT2D eigenvalue weighted by molar-refractivity contribution is -0.118. The standard InChI is InChI=1S/C17H19FN2O4S/c18-13-3-5-14(6-4-13)19-17(21)11-20(10-16-2-1-8-24-16)15-7-9-25(22,23)12-15/h1-6,8,15H,7,9-12H2,(H,19,21)/t15-/m0/s1. The van der Waals surface area contributed by atoms with Gasteiger partial charge in [0.05, 0.1) is 30.9 Å². The molecule has 1 atom stereocenters. The number of amides is 1. The zero-order chi connectivity index (χ0) is 17.9. The summed E-state index contributed by atoms with van der Waals surface area (Å²) in [4.78, 5) is 14.1. The molecule has 1 N–H and O–H groups in total. The van der Waals surface area contributed by atoms with Crippen molar-refractivity contribution in [1.82, 2.24) is 4.90 Å². The van der Waals surface area contributed by atoms with E-state index in [0.29, 0.717) is 24.4 Å². The van der Waals surface area contributed by atoms with Crippen molar-refractivity contribution < 1.29 is 22.0 Å². The molecule has 134 valence electrons. The van der Waals surface area contributed by atoms with Crippen LogP contribution in [0.15, 0.2) is 47.1 Å². The Kier molecular flexibility index (Phi) is 5.19. The number of sulfone groups is 1. The van der Waals surface area contributed by atoms with Gasteiger partial charge in [-0.1, -0.05) is 0 Å². The lowest BCUT2D eigenvalue weighted by Gasteiger charge is -2.26. The molecule has 1 saturated heterocycles. The third kappa shape index (κ3) is 4.90. The third-order valence-electron chi connectivity index (χ3n) is 4.14. The third-order valence-corrected chi connectivity index (χ3v) is 5.89. The highest BCUT2D eigenvalue weighted by Gasteiger charge is 2.33. The molecule has 1 aliphatic rings. The van der Waals surface area contributed by atoms with E-state index >= 15 is 0 Å². The molecule has 0 aliphatic carbocycles. The van der Waals surface area contributed by atoms with Gasteiger partial charge in [-0.3, -0.25) is 9.69 Å². The molecule has 0 spiro atoms. The van der Waals surface area contributed by atoms with Crippen LogP contribution in [-0.4, -0.2) is 43.3 Å². The molecule has 1 aliphatic heterocycles. The molecule has 3 rings (SSSR count). The van der Waals surface area contributed by atoms with Gasteiger partial charge in [-0.05, 0) is 42.8 Å². The van der Waals surface area contributed by atoms with Crippen LogP contribution in [0.4, 0.5) is 10.1 Å². The summed E-state index contributed by atoms with van der Waals surface area (Å²) in [5.41, 5.74) is 0.489. The van der Waals surface area contributed by atoms with Gasteiger partial charge in [0.1, 0.15) is 11.6 Å². The van der Waals surface area contributed by atoms with E-state index in [1.54, 1.807) is 12.1 Å². The van der Waals surface area contributed by atoms with Crippen molar-refractivity contribution >= 4 is 21.4 Å². The molecule has 6 nitrogen and oxygen atoms in total. The van der Waals surface area contributed by atoms with Crippen LogP contribution in [0.1, 0.15) is 12.2 Å². The number of anilines is 1. The summed E-state index contributed by atoms with van der Waals surface area (Å²) in [6.07, 6.45) is 2.03. The molecule has 1 aromatic heterocycles. The smallest absolute Gasteiger partial charge is 0.238 e. The van der Waals surface area contributed by atoms with E-state index in [2.05, 4.69) is 5.32 Å². The Bertz CT molecular complexity index is 819. The van der Waals surface area contributed by atoms with Gasteiger partial charge < -0.3 is 9.73 Å². The topological polar surface area (TPSA) is 79.6 Å². The summed E-state index contributed by atoms with van der Waals surface area (Å²) in [6.45, 7) is 0.377. The summed E-state index contributed by atoms with van der Waals surface area (Å²) in [6, 6.07) is 8.79. The second-order valence-corrected chi connectivity index (χ2v) is 8.32. The Balaban J connectivity index is 1.68. The van der Waals surface area contributed by atoms with Crippen molar-refractivity contribution in [3.63, 3.8) is 0 Å². The van der Waals surface area contributed by atoms with Crippen molar-refractivity contribution in [2.75, 3.05) is 23.4 Å². The van der Waals surface area contributed by atoms with Crippen molar-refractivity contribution in [3.8, 4) is 0 Å². The van der Waals surface area contributed by atoms with Gasteiger partial charge in [-0.2, -0.15) is 0 Å². The highest BCUT2D eigenvalue weighted by molar-refractivity contribution is 7.91. The first-order valence-corrected chi connectivity index (χ1v) is 9.76. The first-order chi connectivity index (χ1) is 11.9. The van der Waals surface area contributed by atoms with Gasteiger partial charge in [0, 0.05) is 11.7 Å². The molecule has 8 heteroatoms. The van der Waals surface area contributed by atoms with Gasteiger partial charge in [-0.15, -0.1) is 0 Å². The van der Waals surface area contributed by atoms with E-state index in [4.69, 9.17) is 4.42 Å². The van der Waals surface area contributed by atoms with E-state index in [-0.39, 0.29) is 35.8 Å². The van der Waals surface area contributed by atoms with Crippen molar-refractivity contribution in [3.05, 3.63) is 54.2 Å². The monoisotopic (exact) mass is 366 g/mol. The fourth-order valence-electron chi connectivity index (χ4n) is 2.90. The number of rotatable bonds is 6. The second-order valence-electron chi connectivity index (χ2n) is 6.10. The lowest BCUT2D eigenvalue weighted by Crippen LogP contribution is -2.41. The van der Waals surface area contributed by atoms with Crippen molar-refractivity contribution in [2.45, 2.75) is 19.0 Å². The number of benzene rings is 1. The van der Waals surface area contributed by atoms with E-state index < -0.39 is 9.84 Å². The zero-order valence-corrected chi connectivity index (χ0v) is 14.3. The van der Waals surface area contributed by atoms with E-state index in [1.807, 2.05) is 4.90 Å². The van der Waals surface area contributed by atoms with Gasteiger partial charge >= 0.3 is 0 Å². The Labute approximate surface area is 145 Å². The van der Waals surface area contributed by atoms with Gasteiger partial charge in [0.2, 0.25) is 5.91 Å². The van der Waals surface area contributed by atoms with Crippen molar-refractivity contribution in [1.29, 1.82) is 0 Å². The Hall–Kier alpha value is -2.19. The fourth-order valence-corrected chi connectivity index (χ4v) is 4.66. The van der Waals surface area contributed by atoms with Gasteiger partial charge in [0.25, 0.3) is 0 Å². The number of nitrogens with zero attached hydrogens (tertiary/aromatic N) is 1. The fraction of sp³-hybridized carbons (Fsp3) is 0.353. The first-order valence-electron chi connectivity index (χ1n) is 7.93. The molecule has 1 amide bonds. The Morgan fingerprint density at radius 2 is 2.04 bits per heavy atom. The minimum absolute atomic E-state index is 0.0261. The summed E-state index contributed by atoms with van der Waals surface area (Å²) in [5.74, 6) is 0.165. The van der Waals surface area contributed by atoms with Crippen LogP contribution in [0.2, 0.25) is 0 Å². The SMILES string of the molecule is O=C(CN(Cc1ccco1)[C@H]1CCS(=O)(=O)C1)Nc1ccc(F)cc1. The second kappa shape index (κ2) is 7.37. The Morgan fingerprint density at radius 3 is 2.64 bits per heavy atom. The Morgan fingerprint density at radius 1 is 1.28 bits per heavy atom. The van der Waals surface area contributed by atoms with Crippen LogP contribution in [-0.2, 0) is 21.2 Å². The van der Waals surface area contributed by atoms with Crippen LogP contribution in [0.3, 0.4) is 0 Å². The normalized spacial score (nSPS) is 19.2. The summed E-state index contributed by atoms with van der Waals surface area (Å²) in [7, 11) is -3.06. The molecular formula is C17H19FN2O4S. The highest BCUT2D eigenvalue weighted by atomic mass is 32.2. The lowest BCUT2D eigenvalue weighted by atomic mass is 10.2. The maximum absolute atomic E-state index is 12.9. The van der Waals surface area contributed by atoms with Crippen LogP contribution in [0, 0.1) is 5.82 Å². The summed E-state index contributed by atoms with van der Waals surface area (Å²) >= 11 is 0. The van der Waals surface area contributed by atoms with Crippen LogP contribution >= 0.6 is 0 Å². The first kappa shape index (κ1) is 17.6. The number of carbonyl (C=O) groups is 1. The van der Waals surface area contributed by atoms with Gasteiger partial charge in [-0.25, -0.2) is 12.8 Å². The van der Waals surface area contributed by atoms with E-state index in [9.17, 15) is 17.6 Å².